The van der Waals surface area contributed by atoms with E-state index in [-0.39, 0.29) is 40.8 Å². The molecule has 7 aliphatic heterocycles. The SMILES string of the molecule is C=C1N=C(NO)C=CN1[C@@H]1O[C@H](CO)[C@@H](O)[C@H]1O.C=C1N=C(NO)C=CN1[C@@H]1O[C@H](COP(=O)(O)O)[C@@H](O)[C@H]1O.C=C1N=C(NO)C=CN1[C@@H]1O[C@H](COP(=O)(O)OP(=O)(O)O)[C@@H](O)[C@H]1O.O=c1nc(NO)ccn1[C@@H]1O[C@H](COP(=O)(O)OP(=O)(O)OP(=O)(O)O)[C@@H](O)[C@H]1O. The highest BCUT2D eigenvalue weighted by Crippen LogP contribution is 2.66. The number of ether oxygens (including phenoxy) is 4. The van der Waals surface area contributed by atoms with Crippen LogP contribution in [0.25, 0.3) is 0 Å². The molecule has 0 aliphatic carbocycles. The average Bonchev–Trinajstić information content (AvgIpc) is 1.67. The summed E-state index contributed by atoms with van der Waals surface area (Å²) in [5.41, 5.74) is 6.09. The fourth-order valence-corrected chi connectivity index (χ4v) is 13.3. The summed E-state index contributed by atoms with van der Waals surface area (Å²) in [5, 5.41) is 123. The van der Waals surface area contributed by atoms with Gasteiger partial charge in [-0.15, -0.1) is 0 Å². The number of aliphatic hydroxyl groups is 9. The van der Waals surface area contributed by atoms with Crippen LogP contribution in [0, 0.1) is 0 Å². The number of amidine groups is 3. The smallest absolute Gasteiger partial charge is 0.394 e. The highest BCUT2D eigenvalue weighted by molar-refractivity contribution is 7.66. The molecule has 8 rings (SSSR count). The van der Waals surface area contributed by atoms with Crippen molar-refractivity contribution in [1.82, 2.24) is 40.7 Å². The third-order valence-electron chi connectivity index (χ3n) is 12.6. The number of phosphoric acid groups is 6. The fourth-order valence-electron chi connectivity index (χ4n) is 8.33. The lowest BCUT2D eigenvalue weighted by molar-refractivity contribution is -0.0693. The number of hydrogen-bond acceptors (Lipinski definition) is 41. The number of nitrogens with one attached hydrogen (secondary N) is 4. The summed E-state index contributed by atoms with van der Waals surface area (Å²) < 4.78 is 112. The van der Waals surface area contributed by atoms with Crippen LogP contribution in [0.5, 0.6) is 0 Å². The molecule has 26 N–H and O–H groups in total. The van der Waals surface area contributed by atoms with E-state index in [9.17, 15) is 82.8 Å². The first-order valence-corrected chi connectivity index (χ1v) is 34.8. The molecule has 0 saturated carbocycles. The molecule has 1 aromatic rings. The second-order valence-corrected chi connectivity index (χ2v) is 27.7. The number of aliphatic imine (C=N–C) groups is 3. The van der Waals surface area contributed by atoms with Crippen LogP contribution >= 0.6 is 46.9 Å². The zero-order chi connectivity index (χ0) is 72.4. The molecule has 51 nitrogen and oxygen atoms in total. The van der Waals surface area contributed by atoms with Gasteiger partial charge in [0.15, 0.2) is 48.2 Å². The van der Waals surface area contributed by atoms with Crippen LogP contribution in [0.4, 0.5) is 5.82 Å². The van der Waals surface area contributed by atoms with Crippen molar-refractivity contribution in [3.05, 3.63) is 96.8 Å². The van der Waals surface area contributed by atoms with Crippen LogP contribution in [-0.2, 0) is 72.8 Å². The van der Waals surface area contributed by atoms with Crippen LogP contribution in [-0.4, -0.2) is 271 Å². The third-order valence-corrected chi connectivity index (χ3v) is 19.0. The predicted octanol–water partition coefficient (Wildman–Crippen LogP) is -7.33. The van der Waals surface area contributed by atoms with E-state index >= 15 is 0 Å². The van der Waals surface area contributed by atoms with Crippen molar-refractivity contribution in [2.45, 2.75) is 98.2 Å². The number of anilines is 1. The lowest BCUT2D eigenvalue weighted by Gasteiger charge is -2.30. The van der Waals surface area contributed by atoms with Gasteiger partial charge < -0.3 is 124 Å². The molecule has 0 spiro atoms. The van der Waals surface area contributed by atoms with Crippen molar-refractivity contribution < 1.29 is 184 Å². The van der Waals surface area contributed by atoms with Gasteiger partial charge in [-0.25, -0.2) is 47.2 Å². The first kappa shape index (κ1) is 81.7. The van der Waals surface area contributed by atoms with E-state index in [0.29, 0.717) is 0 Å². The van der Waals surface area contributed by atoms with Gasteiger partial charge in [0, 0.05) is 24.8 Å². The Hall–Kier alpha value is -4.97. The van der Waals surface area contributed by atoms with Crippen LogP contribution in [0.1, 0.15) is 6.23 Å². The summed E-state index contributed by atoms with van der Waals surface area (Å²) in [6.07, 6.45) is -12.0. The topological polar surface area (TPSA) is 770 Å². The largest absolute Gasteiger partial charge is 0.490 e. The minimum atomic E-state index is -5.73. The lowest BCUT2D eigenvalue weighted by Crippen LogP contribution is -2.42. The Balaban J connectivity index is 0.000000235. The predicted molar refractivity (Wildman–Crippen MR) is 303 cm³/mol. The van der Waals surface area contributed by atoms with Gasteiger partial charge in [0.25, 0.3) is 0 Å². The van der Waals surface area contributed by atoms with Gasteiger partial charge in [-0.1, -0.05) is 19.7 Å². The molecule has 4 fully saturated rings. The van der Waals surface area contributed by atoms with Gasteiger partial charge >= 0.3 is 52.6 Å². The number of hydrogen-bond donors (Lipinski definition) is 26. The second kappa shape index (κ2) is 33.9. The molecule has 96 heavy (non-hydrogen) atoms. The number of phosphoric ester groups is 3. The Morgan fingerprint density at radius 3 is 1.08 bits per heavy atom. The minimum absolute atomic E-state index is 0.0412. The van der Waals surface area contributed by atoms with Crippen molar-refractivity contribution >= 4 is 70.3 Å². The van der Waals surface area contributed by atoms with Crippen molar-refractivity contribution in [3.63, 3.8) is 0 Å². The van der Waals surface area contributed by atoms with E-state index in [0.717, 1.165) is 16.8 Å². The van der Waals surface area contributed by atoms with Crippen LogP contribution < -0.4 is 27.6 Å². The summed E-state index contributed by atoms with van der Waals surface area (Å²) in [5.74, 6) is 0.539. The van der Waals surface area contributed by atoms with Gasteiger partial charge in [0.2, 0.25) is 0 Å². The summed E-state index contributed by atoms with van der Waals surface area (Å²) in [7, 11) is -31.9. The molecule has 7 aliphatic rings. The van der Waals surface area contributed by atoms with E-state index in [2.05, 4.69) is 66.2 Å². The molecular formula is C39H64N12O39P6. The normalized spacial score (nSPS) is 31.7. The molecule has 4 saturated heterocycles. The number of aliphatic hydroxyl groups excluding tert-OH is 9. The molecule has 1 aromatic heterocycles. The second-order valence-electron chi connectivity index (χ2n) is 19.2. The molecule has 57 heteroatoms. The third kappa shape index (κ3) is 23.0. The van der Waals surface area contributed by atoms with E-state index in [4.69, 9.17) is 79.1 Å². The monoisotopic (exact) mass is 1510 g/mol. The molecule has 0 amide bonds. The van der Waals surface area contributed by atoms with Crippen molar-refractivity contribution in [2.24, 2.45) is 15.0 Å². The zero-order valence-corrected chi connectivity index (χ0v) is 53.2. The standard InChI is InChI=1S/C10H17N3O11P2.C10H16N3O8P.C10H15N3O5.C9H16N3O15P3/c1-5-11-7(12-16)2-3-13(5)10-9(15)8(14)6(23-10)4-22-26(20,21)24-25(17,18)19;1-5-11-7(12-16)2-3-13(5)10-9(15)8(14)6(21-10)4-20-22(17,18)19;1-5-11-7(12-17)2-3-13(5)10-9(16)8(15)6(4-14)18-10;13-6-4(3-24-29(20,21)27-30(22,23)26-28(17,18)19)25-8(7(6)14)12-2-1-5(11-16)10-9(12)15/h2-3,6,8-10,14-16H,1,4H2,(H,11,12)(H,20,21)(H2,17,18,19);2-3,6,8-10,14-16H,1,4H2,(H,11,12)(H2,17,18,19);2-3,6,8-10,14-17H,1,4H2,(H,11,12);1-2,4,6-8,13-14,16H,3H2,(H,20,21)(H,22,23)(H,10,11,15)(H2,17,18,19)/t3*6-,8-,9-,10-;4-,6-,7-,8-/m1111/s1. The fraction of sp³-hybridized carbons (Fsp3) is 0.513. The van der Waals surface area contributed by atoms with Crippen molar-refractivity contribution in [3.8, 4) is 0 Å². The highest BCUT2D eigenvalue weighted by atomic mass is 31.3. The summed E-state index contributed by atoms with van der Waals surface area (Å²) in [4.78, 5) is 110. The lowest BCUT2D eigenvalue weighted by atomic mass is 10.1. The van der Waals surface area contributed by atoms with E-state index < -0.39 is 177 Å². The summed E-state index contributed by atoms with van der Waals surface area (Å²) in [6, 6.07) is 1.11. The summed E-state index contributed by atoms with van der Waals surface area (Å²) >= 11 is 0. The van der Waals surface area contributed by atoms with Crippen molar-refractivity contribution in [2.75, 3.05) is 31.9 Å². The van der Waals surface area contributed by atoms with Crippen molar-refractivity contribution in [1.29, 1.82) is 0 Å². The molecule has 0 bridgehead atoms. The maximum atomic E-state index is 11.9. The molecule has 19 atom stereocenters. The van der Waals surface area contributed by atoms with Crippen LogP contribution in [0.2, 0.25) is 0 Å². The van der Waals surface area contributed by atoms with E-state index in [1.54, 1.807) is 11.0 Å². The first-order chi connectivity index (χ1) is 44.4. The molecule has 3 unspecified atom stereocenters. The Bertz CT molecular complexity index is 3480. The van der Waals surface area contributed by atoms with Gasteiger partial charge in [-0.05, 0) is 24.3 Å². The van der Waals surface area contributed by atoms with Crippen LogP contribution in [0.15, 0.2) is 106 Å². The number of rotatable bonds is 21. The van der Waals surface area contributed by atoms with Gasteiger partial charge in [-0.2, -0.15) is 17.9 Å². The number of aromatic nitrogens is 2. The number of hydroxylamine groups is 3. The first-order valence-electron chi connectivity index (χ1n) is 25.7. The maximum absolute atomic E-state index is 11.9. The van der Waals surface area contributed by atoms with E-state index in [1.807, 2.05) is 11.0 Å². The van der Waals surface area contributed by atoms with Gasteiger partial charge in [-0.3, -0.25) is 60.9 Å². The number of nitrogens with zero attached hydrogens (tertiary/aromatic N) is 8. The minimum Gasteiger partial charge on any atom is -0.394 e. The molecule has 0 aromatic carbocycles. The Morgan fingerprint density at radius 2 is 0.771 bits per heavy atom. The average molecular weight is 1510 g/mol. The highest BCUT2D eigenvalue weighted by Gasteiger charge is 2.51. The Kier molecular flexibility index (Phi) is 28.9. The van der Waals surface area contributed by atoms with Gasteiger partial charge in [0.1, 0.15) is 90.7 Å². The molecule has 544 valence electrons. The Labute approximate surface area is 535 Å². The maximum Gasteiger partial charge on any atom is 0.490 e. The molecule has 8 heterocycles. The molecular weight excluding hydrogens is 1450 g/mol. The van der Waals surface area contributed by atoms with E-state index in [1.165, 1.54) is 51.5 Å². The summed E-state index contributed by atoms with van der Waals surface area (Å²) in [6.45, 7) is 7.99. The Morgan fingerprint density at radius 1 is 0.448 bits per heavy atom. The zero-order valence-electron chi connectivity index (χ0n) is 47.8. The van der Waals surface area contributed by atoms with Gasteiger partial charge in [0.05, 0.1) is 26.4 Å². The molecule has 0 radical (unpaired) electrons. The quantitative estimate of drug-likeness (QED) is 0.0402. The van der Waals surface area contributed by atoms with Crippen LogP contribution in [0.3, 0.4) is 0 Å².